The smallest absolute Gasteiger partial charge is 0.250 e. The third kappa shape index (κ3) is 6.93. The lowest BCUT2D eigenvalue weighted by Crippen LogP contribution is -2.27. The van der Waals surface area contributed by atoms with Crippen molar-refractivity contribution in [2.24, 2.45) is 0 Å². The van der Waals surface area contributed by atoms with Crippen molar-refractivity contribution in [2.45, 2.75) is 32.8 Å². The van der Waals surface area contributed by atoms with E-state index < -0.39 is 0 Å². The van der Waals surface area contributed by atoms with E-state index in [0.717, 1.165) is 5.56 Å². The second-order valence-corrected chi connectivity index (χ2v) is 5.30. The largest absolute Gasteiger partial charge is 0.395 e. The molecule has 4 heteroatoms. The zero-order valence-corrected chi connectivity index (χ0v) is 12.2. The number of hydrogen-bond donors (Lipinski definition) is 2. The highest BCUT2D eigenvalue weighted by Gasteiger charge is 2.12. The predicted molar refractivity (Wildman–Crippen MR) is 79.4 cm³/mol. The minimum atomic E-state index is -0.330. The maximum Gasteiger partial charge on any atom is 0.250 e. The van der Waals surface area contributed by atoms with Crippen molar-refractivity contribution in [3.05, 3.63) is 29.8 Å². The summed E-state index contributed by atoms with van der Waals surface area (Å²) in [7, 11) is 0. The van der Waals surface area contributed by atoms with Crippen LogP contribution in [-0.4, -0.2) is 29.8 Å². The molecular formula is C16H21NO3. The lowest BCUT2D eigenvalue weighted by Gasteiger charge is -2.18. The van der Waals surface area contributed by atoms with Crippen LogP contribution in [0, 0.1) is 11.8 Å². The summed E-state index contributed by atoms with van der Waals surface area (Å²) in [6.07, 6.45) is 0.461. The number of aliphatic hydroxyl groups is 1. The molecule has 0 saturated carbocycles. The van der Waals surface area contributed by atoms with Crippen LogP contribution < -0.4 is 5.32 Å². The van der Waals surface area contributed by atoms with Gasteiger partial charge in [-0.1, -0.05) is 11.8 Å². The first-order valence-corrected chi connectivity index (χ1v) is 6.54. The van der Waals surface area contributed by atoms with E-state index in [1.54, 1.807) is 12.1 Å². The summed E-state index contributed by atoms with van der Waals surface area (Å²) in [4.78, 5) is 11.7. The quantitative estimate of drug-likeness (QED) is 0.828. The van der Waals surface area contributed by atoms with Crippen LogP contribution in [-0.2, 0) is 9.53 Å². The Bertz CT molecular complexity index is 489. The zero-order chi connectivity index (χ0) is 15.0. The first-order valence-electron chi connectivity index (χ1n) is 6.54. The van der Waals surface area contributed by atoms with E-state index in [4.69, 9.17) is 9.84 Å². The van der Waals surface area contributed by atoms with Gasteiger partial charge in [-0.05, 0) is 45.0 Å². The molecule has 0 spiro atoms. The van der Waals surface area contributed by atoms with E-state index in [1.807, 2.05) is 32.9 Å². The third-order valence-corrected chi connectivity index (χ3v) is 2.27. The average molecular weight is 275 g/mol. The average Bonchev–Trinajstić information content (AvgIpc) is 2.38. The molecule has 20 heavy (non-hydrogen) atoms. The van der Waals surface area contributed by atoms with Crippen LogP contribution >= 0.6 is 0 Å². The van der Waals surface area contributed by atoms with Crippen molar-refractivity contribution in [1.82, 2.24) is 0 Å². The number of hydrogen-bond acceptors (Lipinski definition) is 3. The first-order chi connectivity index (χ1) is 9.40. The molecule has 1 amide bonds. The van der Waals surface area contributed by atoms with Crippen molar-refractivity contribution in [3.63, 3.8) is 0 Å². The molecule has 0 aliphatic rings. The van der Waals surface area contributed by atoms with Crippen LogP contribution in [0.25, 0.3) is 0 Å². The maximum absolute atomic E-state index is 11.7. The Balaban J connectivity index is 2.49. The molecule has 0 heterocycles. The Hall–Kier alpha value is -1.83. The second-order valence-electron chi connectivity index (χ2n) is 5.30. The normalized spacial score (nSPS) is 10.6. The predicted octanol–water partition coefficient (Wildman–Crippen LogP) is 2.17. The van der Waals surface area contributed by atoms with Gasteiger partial charge in [0.15, 0.2) is 0 Å². The van der Waals surface area contributed by atoms with Crippen LogP contribution in [0.2, 0.25) is 0 Å². The molecule has 0 aliphatic carbocycles. The number of nitrogens with one attached hydrogen (secondary N) is 1. The van der Waals surface area contributed by atoms with E-state index >= 15 is 0 Å². The third-order valence-electron chi connectivity index (χ3n) is 2.27. The molecular weight excluding hydrogens is 254 g/mol. The van der Waals surface area contributed by atoms with Gasteiger partial charge in [-0.2, -0.15) is 0 Å². The number of ether oxygens (including phenoxy) is 1. The summed E-state index contributed by atoms with van der Waals surface area (Å²) in [6, 6.07) is 7.23. The molecule has 0 aromatic heterocycles. The molecule has 1 aromatic rings. The topological polar surface area (TPSA) is 58.6 Å². The van der Waals surface area contributed by atoms with Crippen LogP contribution in [0.5, 0.6) is 0 Å². The van der Waals surface area contributed by atoms with E-state index in [2.05, 4.69) is 17.2 Å². The van der Waals surface area contributed by atoms with Gasteiger partial charge in [0.25, 0.3) is 0 Å². The zero-order valence-electron chi connectivity index (χ0n) is 12.2. The molecule has 0 aliphatic heterocycles. The number of benzene rings is 1. The van der Waals surface area contributed by atoms with Crippen molar-refractivity contribution in [2.75, 3.05) is 18.5 Å². The lowest BCUT2D eigenvalue weighted by molar-refractivity contribution is -0.125. The highest BCUT2D eigenvalue weighted by Crippen LogP contribution is 2.10. The number of rotatable bonds is 4. The van der Waals surface area contributed by atoms with Crippen molar-refractivity contribution in [3.8, 4) is 11.8 Å². The molecule has 2 N–H and O–H groups in total. The molecule has 0 radical (unpaired) electrons. The minimum absolute atomic E-state index is 0.0293. The fourth-order valence-electron chi connectivity index (χ4n) is 1.34. The molecule has 0 saturated heterocycles. The van der Waals surface area contributed by atoms with E-state index in [1.165, 1.54) is 0 Å². The fourth-order valence-corrected chi connectivity index (χ4v) is 1.34. The van der Waals surface area contributed by atoms with Crippen LogP contribution in [0.15, 0.2) is 24.3 Å². The molecule has 0 atom stereocenters. The van der Waals surface area contributed by atoms with Gasteiger partial charge in [-0.3, -0.25) is 4.79 Å². The highest BCUT2D eigenvalue weighted by atomic mass is 16.5. The number of carbonyl (C=O) groups excluding carboxylic acids is 1. The lowest BCUT2D eigenvalue weighted by atomic mass is 10.2. The molecule has 0 unspecified atom stereocenters. The summed E-state index contributed by atoms with van der Waals surface area (Å²) in [6.45, 7) is 5.80. The van der Waals surface area contributed by atoms with Crippen molar-refractivity contribution >= 4 is 11.6 Å². The van der Waals surface area contributed by atoms with Crippen molar-refractivity contribution in [1.29, 1.82) is 0 Å². The SMILES string of the molecule is CC(C)(C)OCC(=O)Nc1ccc(C#CCCO)cc1. The number of aliphatic hydroxyl groups excluding tert-OH is 1. The second kappa shape index (κ2) is 7.68. The summed E-state index contributed by atoms with van der Waals surface area (Å²) in [5.41, 5.74) is 1.23. The van der Waals surface area contributed by atoms with Crippen molar-refractivity contribution < 1.29 is 14.6 Å². The van der Waals surface area contributed by atoms with Gasteiger partial charge in [-0.25, -0.2) is 0 Å². The Morgan fingerprint density at radius 3 is 2.50 bits per heavy atom. The molecule has 4 nitrogen and oxygen atoms in total. The van der Waals surface area contributed by atoms with Gasteiger partial charge in [0, 0.05) is 17.7 Å². The number of anilines is 1. The summed E-state index contributed by atoms with van der Waals surface area (Å²) in [5.74, 6) is 5.58. The summed E-state index contributed by atoms with van der Waals surface area (Å²) >= 11 is 0. The Morgan fingerprint density at radius 1 is 1.30 bits per heavy atom. The van der Waals surface area contributed by atoms with Gasteiger partial charge >= 0.3 is 0 Å². The molecule has 1 rings (SSSR count). The standard InChI is InChI=1S/C16H21NO3/c1-16(2,3)20-12-15(19)17-14-9-7-13(8-10-14)6-4-5-11-18/h7-10,18H,5,11-12H2,1-3H3,(H,17,19). The monoisotopic (exact) mass is 275 g/mol. The Kier molecular flexibility index (Phi) is 6.23. The van der Waals surface area contributed by atoms with Gasteiger partial charge < -0.3 is 15.2 Å². The molecule has 0 fully saturated rings. The summed E-state index contributed by atoms with van der Waals surface area (Å²) in [5, 5.41) is 11.4. The highest BCUT2D eigenvalue weighted by molar-refractivity contribution is 5.91. The summed E-state index contributed by atoms with van der Waals surface area (Å²) < 4.78 is 5.39. The fraction of sp³-hybridized carbons (Fsp3) is 0.438. The number of carbonyl (C=O) groups is 1. The van der Waals surface area contributed by atoms with Crippen LogP contribution in [0.4, 0.5) is 5.69 Å². The number of amides is 1. The van der Waals surface area contributed by atoms with E-state index in [0.29, 0.717) is 12.1 Å². The van der Waals surface area contributed by atoms with Crippen LogP contribution in [0.3, 0.4) is 0 Å². The molecule has 1 aromatic carbocycles. The molecule has 108 valence electrons. The van der Waals surface area contributed by atoms with E-state index in [-0.39, 0.29) is 24.7 Å². The van der Waals surface area contributed by atoms with Gasteiger partial charge in [0.2, 0.25) is 5.91 Å². The van der Waals surface area contributed by atoms with Crippen LogP contribution in [0.1, 0.15) is 32.8 Å². The van der Waals surface area contributed by atoms with Gasteiger partial charge in [-0.15, -0.1) is 0 Å². The minimum Gasteiger partial charge on any atom is -0.395 e. The molecule has 0 bridgehead atoms. The Morgan fingerprint density at radius 2 is 1.95 bits per heavy atom. The van der Waals surface area contributed by atoms with Gasteiger partial charge in [0.05, 0.1) is 12.2 Å². The maximum atomic E-state index is 11.7. The van der Waals surface area contributed by atoms with E-state index in [9.17, 15) is 4.79 Å². The van der Waals surface area contributed by atoms with Gasteiger partial charge in [0.1, 0.15) is 6.61 Å². The first kappa shape index (κ1) is 16.2. The Labute approximate surface area is 120 Å².